The standard InChI is InChI=1S/C17H24N2O2/c20-17(18-8-15-2-1-7-21-15)16-13-5-6-14(16)11-19(10-13)9-12-3-4-12/h1-2,7,12-14,16H,3-6,8-11H2,(H,18,20). The molecule has 1 aromatic heterocycles. The third-order valence-corrected chi connectivity index (χ3v) is 5.44. The van der Waals surface area contributed by atoms with Crippen LogP contribution in [0.25, 0.3) is 0 Å². The second-order valence-corrected chi connectivity index (χ2v) is 7.08. The lowest BCUT2D eigenvalue weighted by atomic mass is 9.84. The highest BCUT2D eigenvalue weighted by atomic mass is 16.3. The van der Waals surface area contributed by atoms with Crippen molar-refractivity contribution in [2.24, 2.45) is 23.7 Å². The smallest absolute Gasteiger partial charge is 0.224 e. The number of furan rings is 1. The molecule has 2 bridgehead atoms. The monoisotopic (exact) mass is 288 g/mol. The van der Waals surface area contributed by atoms with Crippen molar-refractivity contribution in [2.45, 2.75) is 32.2 Å². The molecule has 114 valence electrons. The van der Waals surface area contributed by atoms with Crippen molar-refractivity contribution in [2.75, 3.05) is 19.6 Å². The number of carbonyl (C=O) groups is 1. The molecule has 2 aliphatic carbocycles. The van der Waals surface area contributed by atoms with Crippen molar-refractivity contribution in [3.8, 4) is 0 Å². The summed E-state index contributed by atoms with van der Waals surface area (Å²) in [6, 6.07) is 3.77. The van der Waals surface area contributed by atoms with Gasteiger partial charge in [-0.3, -0.25) is 4.79 Å². The third kappa shape index (κ3) is 2.86. The SMILES string of the molecule is O=C(NCc1ccco1)C1C2CCC1CN(CC1CC1)C2. The molecule has 1 N–H and O–H groups in total. The number of rotatable bonds is 5. The highest BCUT2D eigenvalue weighted by molar-refractivity contribution is 5.79. The van der Waals surface area contributed by atoms with Gasteiger partial charge in [0.05, 0.1) is 12.8 Å². The first-order valence-electron chi connectivity index (χ1n) is 8.32. The van der Waals surface area contributed by atoms with E-state index in [1.54, 1.807) is 6.26 Å². The van der Waals surface area contributed by atoms with Crippen molar-refractivity contribution in [3.05, 3.63) is 24.2 Å². The maximum atomic E-state index is 12.5. The summed E-state index contributed by atoms with van der Waals surface area (Å²) >= 11 is 0. The van der Waals surface area contributed by atoms with Crippen LogP contribution >= 0.6 is 0 Å². The van der Waals surface area contributed by atoms with E-state index < -0.39 is 0 Å². The van der Waals surface area contributed by atoms with E-state index in [2.05, 4.69) is 10.2 Å². The number of likely N-dealkylation sites (tertiary alicyclic amines) is 1. The first kappa shape index (κ1) is 13.4. The molecule has 0 spiro atoms. The molecule has 2 atom stereocenters. The second kappa shape index (κ2) is 5.48. The highest BCUT2D eigenvalue weighted by Crippen LogP contribution is 2.43. The van der Waals surface area contributed by atoms with E-state index in [1.807, 2.05) is 12.1 Å². The molecule has 4 rings (SSSR count). The number of hydrogen-bond acceptors (Lipinski definition) is 3. The number of carbonyl (C=O) groups excluding carboxylic acids is 1. The molecule has 1 aromatic rings. The van der Waals surface area contributed by atoms with Gasteiger partial charge in [0.1, 0.15) is 5.76 Å². The van der Waals surface area contributed by atoms with Gasteiger partial charge < -0.3 is 14.6 Å². The summed E-state index contributed by atoms with van der Waals surface area (Å²) in [7, 11) is 0. The van der Waals surface area contributed by atoms with E-state index in [1.165, 1.54) is 32.2 Å². The van der Waals surface area contributed by atoms with Gasteiger partial charge in [0.15, 0.2) is 0 Å². The molecule has 2 unspecified atom stereocenters. The van der Waals surface area contributed by atoms with Gasteiger partial charge in [-0.1, -0.05) is 0 Å². The molecule has 2 saturated carbocycles. The average molecular weight is 288 g/mol. The lowest BCUT2D eigenvalue weighted by molar-refractivity contribution is -0.129. The van der Waals surface area contributed by atoms with Crippen LogP contribution in [0, 0.1) is 23.7 Å². The van der Waals surface area contributed by atoms with Gasteiger partial charge in [0.25, 0.3) is 0 Å². The Morgan fingerprint density at radius 2 is 2.00 bits per heavy atom. The number of amides is 1. The van der Waals surface area contributed by atoms with Crippen molar-refractivity contribution < 1.29 is 9.21 Å². The fraction of sp³-hybridized carbons (Fsp3) is 0.706. The lowest BCUT2D eigenvalue weighted by Gasteiger charge is -2.37. The van der Waals surface area contributed by atoms with E-state index in [9.17, 15) is 4.79 Å². The van der Waals surface area contributed by atoms with E-state index >= 15 is 0 Å². The van der Waals surface area contributed by atoms with Gasteiger partial charge in [-0.05, 0) is 55.6 Å². The minimum Gasteiger partial charge on any atom is -0.467 e. The summed E-state index contributed by atoms with van der Waals surface area (Å²) in [5, 5.41) is 3.07. The molecule has 21 heavy (non-hydrogen) atoms. The van der Waals surface area contributed by atoms with Crippen LogP contribution in [0.1, 0.15) is 31.4 Å². The molecular weight excluding hydrogens is 264 g/mol. The van der Waals surface area contributed by atoms with E-state index in [0.29, 0.717) is 18.4 Å². The van der Waals surface area contributed by atoms with Gasteiger partial charge >= 0.3 is 0 Å². The topological polar surface area (TPSA) is 45.5 Å². The third-order valence-electron chi connectivity index (χ3n) is 5.44. The Hall–Kier alpha value is -1.29. The van der Waals surface area contributed by atoms with Crippen LogP contribution in [-0.2, 0) is 11.3 Å². The molecule has 0 radical (unpaired) electrons. The number of nitrogens with zero attached hydrogens (tertiary/aromatic N) is 1. The summed E-state index contributed by atoms with van der Waals surface area (Å²) < 4.78 is 5.29. The predicted octanol–water partition coefficient (Wildman–Crippen LogP) is 2.26. The highest BCUT2D eigenvalue weighted by Gasteiger charge is 2.46. The summed E-state index contributed by atoms with van der Waals surface area (Å²) in [5.41, 5.74) is 0. The van der Waals surface area contributed by atoms with E-state index in [0.717, 1.165) is 24.8 Å². The van der Waals surface area contributed by atoms with Crippen LogP contribution in [0.3, 0.4) is 0 Å². The van der Waals surface area contributed by atoms with Gasteiger partial charge in [0, 0.05) is 25.6 Å². The summed E-state index contributed by atoms with van der Waals surface area (Å²) in [6.45, 7) is 4.05. The van der Waals surface area contributed by atoms with Crippen LogP contribution in [0.15, 0.2) is 22.8 Å². The number of fused-ring (bicyclic) bond motifs is 2. The quantitative estimate of drug-likeness (QED) is 0.904. The molecule has 3 aliphatic rings. The van der Waals surface area contributed by atoms with Gasteiger partial charge in [-0.25, -0.2) is 0 Å². The Morgan fingerprint density at radius 1 is 1.24 bits per heavy atom. The molecule has 1 amide bonds. The van der Waals surface area contributed by atoms with Crippen molar-refractivity contribution in [1.82, 2.24) is 10.2 Å². The molecule has 2 heterocycles. The normalized spacial score (nSPS) is 32.3. The molecule has 0 aromatic carbocycles. The van der Waals surface area contributed by atoms with Gasteiger partial charge in [0.2, 0.25) is 5.91 Å². The Morgan fingerprint density at radius 3 is 2.62 bits per heavy atom. The summed E-state index contributed by atoms with van der Waals surface area (Å²) in [5.74, 6) is 3.40. The Bertz CT molecular complexity index is 481. The molecular formula is C17H24N2O2. The first-order chi connectivity index (χ1) is 10.3. The Balaban J connectivity index is 1.34. The number of nitrogens with one attached hydrogen (secondary N) is 1. The first-order valence-corrected chi connectivity index (χ1v) is 8.32. The molecule has 4 nitrogen and oxygen atoms in total. The van der Waals surface area contributed by atoms with E-state index in [-0.39, 0.29) is 11.8 Å². The van der Waals surface area contributed by atoms with Gasteiger partial charge in [-0.2, -0.15) is 0 Å². The average Bonchev–Trinajstić information content (AvgIpc) is 3.05. The number of hydrogen-bond donors (Lipinski definition) is 1. The molecule has 1 aliphatic heterocycles. The minimum absolute atomic E-state index is 0.232. The fourth-order valence-electron chi connectivity index (χ4n) is 4.27. The van der Waals surface area contributed by atoms with E-state index in [4.69, 9.17) is 4.42 Å². The summed E-state index contributed by atoms with van der Waals surface area (Å²) in [6.07, 6.45) is 6.94. The minimum atomic E-state index is 0.232. The fourth-order valence-corrected chi connectivity index (χ4v) is 4.27. The van der Waals surface area contributed by atoms with Crippen molar-refractivity contribution in [1.29, 1.82) is 0 Å². The number of piperidine rings is 1. The largest absolute Gasteiger partial charge is 0.467 e. The molecule has 4 heteroatoms. The van der Waals surface area contributed by atoms with Crippen molar-refractivity contribution in [3.63, 3.8) is 0 Å². The zero-order valence-electron chi connectivity index (χ0n) is 12.5. The Kier molecular flexibility index (Phi) is 3.49. The van der Waals surface area contributed by atoms with Gasteiger partial charge in [-0.15, -0.1) is 0 Å². The summed E-state index contributed by atoms with van der Waals surface area (Å²) in [4.78, 5) is 15.1. The van der Waals surface area contributed by atoms with Crippen LogP contribution in [-0.4, -0.2) is 30.4 Å². The second-order valence-electron chi connectivity index (χ2n) is 7.08. The van der Waals surface area contributed by atoms with Crippen LogP contribution in [0.2, 0.25) is 0 Å². The van der Waals surface area contributed by atoms with Crippen LogP contribution in [0.4, 0.5) is 0 Å². The zero-order valence-corrected chi connectivity index (χ0v) is 12.5. The molecule has 3 fully saturated rings. The zero-order chi connectivity index (χ0) is 14.2. The molecule has 1 saturated heterocycles. The maximum Gasteiger partial charge on any atom is 0.224 e. The maximum absolute atomic E-state index is 12.5. The van der Waals surface area contributed by atoms with Crippen LogP contribution in [0.5, 0.6) is 0 Å². The lowest BCUT2D eigenvalue weighted by Crippen LogP contribution is -2.48. The predicted molar refractivity (Wildman–Crippen MR) is 79.4 cm³/mol. The van der Waals surface area contributed by atoms with Crippen molar-refractivity contribution >= 4 is 5.91 Å². The Labute approximate surface area is 125 Å². The van der Waals surface area contributed by atoms with Crippen LogP contribution < -0.4 is 5.32 Å².